The summed E-state index contributed by atoms with van der Waals surface area (Å²) in [6, 6.07) is 0. The summed E-state index contributed by atoms with van der Waals surface area (Å²) in [7, 11) is 1.50. The molecule has 0 heterocycles. The number of hydrogen-bond donors (Lipinski definition) is 1. The van der Waals surface area contributed by atoms with Gasteiger partial charge in [0.05, 0.1) is 0 Å². The number of nitrogens with two attached hydrogens (primary N) is 1. The molecule has 0 aliphatic rings. The SMILES string of the molecule is CN.[CaH2].[I][Pb][I].[Ti]. The van der Waals surface area contributed by atoms with Crippen LogP contribution in [0, 0.1) is 0 Å². The molecular formula is CH7CaI2NPbTi. The Morgan fingerprint density at radius 3 is 1.29 bits per heavy atom. The Bertz CT molecular complexity index is 17.7. The Morgan fingerprint density at radius 1 is 1.29 bits per heavy atom. The molecule has 0 saturated carbocycles. The van der Waals surface area contributed by atoms with E-state index in [1.807, 2.05) is 0 Å². The summed E-state index contributed by atoms with van der Waals surface area (Å²) in [5.74, 6) is 0. The van der Waals surface area contributed by atoms with E-state index in [4.69, 9.17) is 0 Å². The standard InChI is InChI=1S/CH5N.Ca.2HI.Pb.Ti.2H/c1-2;;;;;;;/h2H2,1H3;;2*1H;;;;/q;;;;+2;;;/p-2. The van der Waals surface area contributed by atoms with Gasteiger partial charge in [-0.1, -0.05) is 0 Å². The molecule has 0 unspecified atom stereocenters. The predicted molar refractivity (Wildman–Crippen MR) is 52.4 cm³/mol. The van der Waals surface area contributed by atoms with Gasteiger partial charge in [-0.05, 0) is 7.05 Å². The molecule has 40 valence electrons. The van der Waals surface area contributed by atoms with E-state index in [1.165, 1.54) is 7.05 Å². The first-order chi connectivity index (χ1) is 2.41. The molecule has 0 spiro atoms. The predicted octanol–water partition coefficient (Wildman–Crippen LogP) is 0.0468. The van der Waals surface area contributed by atoms with Gasteiger partial charge in [0.1, 0.15) is 0 Å². The van der Waals surface area contributed by atoms with Crippen molar-refractivity contribution in [3.05, 3.63) is 0 Å². The van der Waals surface area contributed by atoms with Gasteiger partial charge in [0.25, 0.3) is 0 Å². The van der Waals surface area contributed by atoms with Crippen LogP contribution in [-0.2, 0) is 21.7 Å². The quantitative estimate of drug-likeness (QED) is 0.318. The number of rotatable bonds is 0. The van der Waals surface area contributed by atoms with Crippen LogP contribution in [0.5, 0.6) is 0 Å². The van der Waals surface area contributed by atoms with Crippen LogP contribution in [0.1, 0.15) is 0 Å². The fourth-order valence-electron chi connectivity index (χ4n) is 0. The smallest absolute Gasteiger partial charge is 0 e. The second kappa shape index (κ2) is 31.7. The third-order valence-corrected chi connectivity index (χ3v) is 0. The van der Waals surface area contributed by atoms with E-state index in [2.05, 4.69) is 41.3 Å². The van der Waals surface area contributed by atoms with Crippen LogP contribution < -0.4 is 5.73 Å². The van der Waals surface area contributed by atoms with Crippen molar-refractivity contribution in [1.29, 1.82) is 0 Å². The minimum Gasteiger partial charge on any atom is 0 e. The molecule has 0 aromatic carbocycles. The maximum Gasteiger partial charge on any atom is 0 e. The molecule has 0 saturated heterocycles. The molecule has 0 aromatic heterocycles. The molecule has 0 amide bonds. The molecule has 6 heteroatoms. The van der Waals surface area contributed by atoms with E-state index in [9.17, 15) is 0 Å². The third kappa shape index (κ3) is 38.3. The fourth-order valence-corrected chi connectivity index (χ4v) is 0. The van der Waals surface area contributed by atoms with E-state index in [1.54, 1.807) is 0 Å². The Hall–Kier alpha value is 4.32. The van der Waals surface area contributed by atoms with Gasteiger partial charge in [-0.25, -0.2) is 0 Å². The van der Waals surface area contributed by atoms with E-state index in [0.29, 0.717) is 0 Å². The summed E-state index contributed by atoms with van der Waals surface area (Å²) in [5, 5.41) is 0. The van der Waals surface area contributed by atoms with Crippen LogP contribution >= 0.6 is 35.5 Å². The van der Waals surface area contributed by atoms with Crippen LogP contribution in [0.15, 0.2) is 0 Å². The normalized spacial score (nSPS) is 3.43. The Balaban J connectivity index is -0.0000000105. The van der Waals surface area contributed by atoms with Gasteiger partial charge >= 0.3 is 88.9 Å². The molecule has 0 atom stereocenters. The fraction of sp³-hybridized carbons (Fsp3) is 1.00. The summed E-state index contributed by atoms with van der Waals surface area (Å²) < 4.78 is 0. The first kappa shape index (κ1) is 22.5. The van der Waals surface area contributed by atoms with Crippen molar-refractivity contribution in [2.75, 3.05) is 7.05 Å². The van der Waals surface area contributed by atoms with Crippen molar-refractivity contribution in [1.82, 2.24) is 0 Å². The van der Waals surface area contributed by atoms with E-state index in [0.717, 1.165) is 0 Å². The zero-order chi connectivity index (χ0) is 4.71. The summed E-state index contributed by atoms with van der Waals surface area (Å²) in [6.07, 6.45) is 0. The largest absolute Gasteiger partial charge is 0 e. The van der Waals surface area contributed by atoms with Crippen LogP contribution in [0.3, 0.4) is 0 Å². The Morgan fingerprint density at radius 2 is 1.29 bits per heavy atom. The van der Waals surface area contributed by atoms with Crippen LogP contribution in [-0.4, -0.2) is 60.4 Å². The number of halogens is 2. The summed E-state index contributed by atoms with van der Waals surface area (Å²) in [6.45, 7) is 0. The topological polar surface area (TPSA) is 26.0 Å². The van der Waals surface area contributed by atoms with Gasteiger partial charge < -0.3 is 5.73 Å². The molecule has 2 radical (unpaired) electrons. The molecule has 0 fully saturated rings. The van der Waals surface area contributed by atoms with Crippen LogP contribution in [0.25, 0.3) is 0 Å². The zero-order valence-corrected chi connectivity index (χ0v) is 13.1. The van der Waals surface area contributed by atoms with Gasteiger partial charge in [0.2, 0.25) is 0 Å². The molecule has 0 aliphatic carbocycles. The molecule has 7 heavy (non-hydrogen) atoms. The average molecular weight is 582 g/mol. The Kier molecular flexibility index (Phi) is 102. The van der Waals surface area contributed by atoms with Crippen LogP contribution in [0.4, 0.5) is 0 Å². The van der Waals surface area contributed by atoms with Gasteiger partial charge in [0, 0.05) is 21.7 Å². The molecule has 1 nitrogen and oxygen atoms in total. The van der Waals surface area contributed by atoms with Crippen molar-refractivity contribution in [3.8, 4) is 0 Å². The van der Waals surface area contributed by atoms with E-state index >= 15 is 0 Å². The average Bonchev–Trinajstić information content (AvgIpc) is 1.46. The van der Waals surface area contributed by atoms with Gasteiger partial charge in [-0.15, -0.1) is 0 Å². The van der Waals surface area contributed by atoms with Crippen molar-refractivity contribution < 1.29 is 21.7 Å². The maximum atomic E-state index is 4.50. The van der Waals surface area contributed by atoms with Crippen molar-refractivity contribution >= 4 is 88.9 Å². The molecule has 2 N–H and O–H groups in total. The van der Waals surface area contributed by atoms with Gasteiger partial charge in [0.15, 0.2) is 0 Å². The Labute approximate surface area is 120 Å². The van der Waals surface area contributed by atoms with Crippen molar-refractivity contribution in [2.45, 2.75) is 0 Å². The van der Waals surface area contributed by atoms with Crippen molar-refractivity contribution in [2.24, 2.45) is 5.73 Å². The van der Waals surface area contributed by atoms with Crippen molar-refractivity contribution in [3.63, 3.8) is 0 Å². The monoisotopic (exact) mass is 583 g/mol. The summed E-state index contributed by atoms with van der Waals surface area (Å²) in [5.41, 5.74) is 4.50. The first-order valence-electron chi connectivity index (χ1n) is 0.955. The van der Waals surface area contributed by atoms with Crippen LogP contribution in [0.2, 0.25) is 0 Å². The molecule has 0 aromatic rings. The summed E-state index contributed by atoms with van der Waals surface area (Å²) >= 11 is 4.96. The number of hydrogen-bond acceptors (Lipinski definition) is 1. The first-order valence-corrected chi connectivity index (χ1v) is 22.8. The second-order valence-corrected chi connectivity index (χ2v) is 28.2. The van der Waals surface area contributed by atoms with E-state index < -0.39 is 0 Å². The molecule has 0 bridgehead atoms. The second-order valence-electron chi connectivity index (χ2n) is 0.0714. The van der Waals surface area contributed by atoms with Gasteiger partial charge in [-0.2, -0.15) is 0 Å². The molecular weight excluding hydrogens is 575 g/mol. The maximum absolute atomic E-state index is 4.50. The molecule has 0 rings (SSSR count). The minimum absolute atomic E-state index is 0. The zero-order valence-electron chi connectivity index (χ0n) is 3.33. The third-order valence-electron chi connectivity index (χ3n) is 0. The van der Waals surface area contributed by atoms with E-state index in [-0.39, 0.29) is 75.1 Å². The minimum atomic E-state index is 0. The molecule has 0 aliphatic heterocycles. The summed E-state index contributed by atoms with van der Waals surface area (Å²) in [4.78, 5) is 0. The van der Waals surface area contributed by atoms with Gasteiger partial charge in [-0.3, -0.25) is 0 Å².